The topological polar surface area (TPSA) is 57.7 Å². The normalized spacial score (nSPS) is 13.6. The Balaban J connectivity index is 1.93. The van der Waals surface area contributed by atoms with Crippen molar-refractivity contribution in [2.45, 2.75) is 32.1 Å². The van der Waals surface area contributed by atoms with E-state index in [-0.39, 0.29) is 5.91 Å². The molecule has 0 saturated carbocycles. The Morgan fingerprint density at radius 2 is 1.73 bits per heavy atom. The van der Waals surface area contributed by atoms with E-state index in [1.54, 1.807) is 41.3 Å². The Morgan fingerprint density at radius 3 is 2.35 bits per heavy atom. The predicted molar refractivity (Wildman–Crippen MR) is 103 cm³/mol. The first-order valence-electron chi connectivity index (χ1n) is 8.90. The number of hydrogen-bond acceptors (Lipinski definition) is 3. The SMILES string of the molecule is CCN(CC)C(=O)c1ccc2c(c1)CCN2S(=O)(=O)c1ccc(C)cc1. The summed E-state index contributed by atoms with van der Waals surface area (Å²) < 4.78 is 27.4. The molecule has 0 bridgehead atoms. The van der Waals surface area contributed by atoms with E-state index >= 15 is 0 Å². The minimum Gasteiger partial charge on any atom is -0.339 e. The van der Waals surface area contributed by atoms with Crippen molar-refractivity contribution in [1.82, 2.24) is 4.90 Å². The zero-order valence-electron chi connectivity index (χ0n) is 15.4. The molecule has 0 fully saturated rings. The van der Waals surface area contributed by atoms with Crippen LogP contribution in [0.1, 0.15) is 35.3 Å². The molecule has 2 aromatic rings. The number of amides is 1. The molecule has 0 aliphatic carbocycles. The molecule has 0 radical (unpaired) electrons. The summed E-state index contributed by atoms with van der Waals surface area (Å²) in [5.74, 6) is -0.0161. The van der Waals surface area contributed by atoms with Crippen LogP contribution in [-0.4, -0.2) is 38.9 Å². The van der Waals surface area contributed by atoms with Crippen LogP contribution in [0.5, 0.6) is 0 Å². The minimum atomic E-state index is -3.59. The molecule has 3 rings (SSSR count). The van der Waals surface area contributed by atoms with Crippen LogP contribution in [-0.2, 0) is 16.4 Å². The zero-order valence-corrected chi connectivity index (χ0v) is 16.2. The standard InChI is InChI=1S/C20H24N2O3S/c1-4-21(5-2)20(23)17-8-11-19-16(14-17)12-13-22(19)26(24,25)18-9-6-15(3)7-10-18/h6-11,14H,4-5,12-13H2,1-3H3. The van der Waals surface area contributed by atoms with Gasteiger partial charge in [0.15, 0.2) is 0 Å². The molecule has 1 aliphatic rings. The van der Waals surface area contributed by atoms with E-state index in [2.05, 4.69) is 0 Å². The van der Waals surface area contributed by atoms with Gasteiger partial charge in [-0.05, 0) is 63.1 Å². The van der Waals surface area contributed by atoms with E-state index in [1.807, 2.05) is 26.8 Å². The number of aryl methyl sites for hydroxylation is 1. The van der Waals surface area contributed by atoms with Gasteiger partial charge in [-0.15, -0.1) is 0 Å². The number of carbonyl (C=O) groups is 1. The molecule has 138 valence electrons. The smallest absolute Gasteiger partial charge is 0.264 e. The summed E-state index contributed by atoms with van der Waals surface area (Å²) in [5.41, 5.74) is 3.20. The molecular formula is C20H24N2O3S. The quantitative estimate of drug-likeness (QED) is 0.810. The van der Waals surface area contributed by atoms with Crippen molar-refractivity contribution in [1.29, 1.82) is 0 Å². The number of sulfonamides is 1. The van der Waals surface area contributed by atoms with Gasteiger partial charge in [0.2, 0.25) is 0 Å². The molecule has 6 heteroatoms. The summed E-state index contributed by atoms with van der Waals surface area (Å²) in [4.78, 5) is 14.6. The molecule has 1 aliphatic heterocycles. The number of benzene rings is 2. The highest BCUT2D eigenvalue weighted by molar-refractivity contribution is 7.92. The Kier molecular flexibility index (Phi) is 5.05. The summed E-state index contributed by atoms with van der Waals surface area (Å²) in [6.45, 7) is 7.53. The van der Waals surface area contributed by atoms with E-state index < -0.39 is 10.0 Å². The van der Waals surface area contributed by atoms with Crippen LogP contribution in [0, 0.1) is 6.92 Å². The maximum Gasteiger partial charge on any atom is 0.264 e. The van der Waals surface area contributed by atoms with Gasteiger partial charge in [0.05, 0.1) is 10.6 Å². The highest BCUT2D eigenvalue weighted by atomic mass is 32.2. The largest absolute Gasteiger partial charge is 0.339 e. The van der Waals surface area contributed by atoms with Crippen LogP contribution < -0.4 is 4.31 Å². The Bertz CT molecular complexity index is 917. The average Bonchev–Trinajstić information content (AvgIpc) is 3.07. The molecule has 5 nitrogen and oxygen atoms in total. The second kappa shape index (κ2) is 7.11. The van der Waals surface area contributed by atoms with Crippen LogP contribution in [0.3, 0.4) is 0 Å². The van der Waals surface area contributed by atoms with Gasteiger partial charge >= 0.3 is 0 Å². The van der Waals surface area contributed by atoms with Gasteiger partial charge in [0.25, 0.3) is 15.9 Å². The Labute approximate surface area is 155 Å². The van der Waals surface area contributed by atoms with Crippen LogP contribution in [0.4, 0.5) is 5.69 Å². The van der Waals surface area contributed by atoms with Crippen LogP contribution in [0.2, 0.25) is 0 Å². The van der Waals surface area contributed by atoms with Gasteiger partial charge in [-0.3, -0.25) is 9.10 Å². The fraction of sp³-hybridized carbons (Fsp3) is 0.350. The van der Waals surface area contributed by atoms with Gasteiger partial charge in [-0.2, -0.15) is 0 Å². The van der Waals surface area contributed by atoms with Gasteiger partial charge < -0.3 is 4.90 Å². The first-order valence-corrected chi connectivity index (χ1v) is 10.3. The van der Waals surface area contributed by atoms with E-state index in [4.69, 9.17) is 0 Å². The van der Waals surface area contributed by atoms with E-state index in [0.29, 0.717) is 42.2 Å². The Hall–Kier alpha value is -2.34. The molecule has 0 spiro atoms. The first-order chi connectivity index (χ1) is 12.4. The van der Waals surface area contributed by atoms with E-state index in [1.165, 1.54) is 4.31 Å². The number of nitrogens with zero attached hydrogens (tertiary/aromatic N) is 2. The van der Waals surface area contributed by atoms with Gasteiger partial charge in [0, 0.05) is 25.2 Å². The van der Waals surface area contributed by atoms with Crippen molar-refractivity contribution in [3.63, 3.8) is 0 Å². The molecule has 0 N–H and O–H groups in total. The molecule has 0 saturated heterocycles. The molecule has 26 heavy (non-hydrogen) atoms. The van der Waals surface area contributed by atoms with E-state index in [0.717, 1.165) is 11.1 Å². The fourth-order valence-corrected chi connectivity index (χ4v) is 4.79. The summed E-state index contributed by atoms with van der Waals surface area (Å²) in [6, 6.07) is 12.2. The second-order valence-corrected chi connectivity index (χ2v) is 8.32. The molecule has 0 atom stereocenters. The molecular weight excluding hydrogens is 348 g/mol. The maximum atomic E-state index is 13.0. The Morgan fingerprint density at radius 1 is 1.08 bits per heavy atom. The third-order valence-corrected chi connectivity index (χ3v) is 6.67. The van der Waals surface area contributed by atoms with Crippen molar-refractivity contribution >= 4 is 21.6 Å². The lowest BCUT2D eigenvalue weighted by atomic mass is 10.1. The number of hydrogen-bond donors (Lipinski definition) is 0. The average molecular weight is 372 g/mol. The van der Waals surface area contributed by atoms with Crippen LogP contribution in [0.25, 0.3) is 0 Å². The van der Waals surface area contributed by atoms with Gasteiger partial charge in [-0.25, -0.2) is 8.42 Å². The number of rotatable bonds is 5. The van der Waals surface area contributed by atoms with Crippen molar-refractivity contribution < 1.29 is 13.2 Å². The molecule has 0 aromatic heterocycles. The summed E-state index contributed by atoms with van der Waals surface area (Å²) in [6.07, 6.45) is 0.611. The first kappa shape index (κ1) is 18.5. The van der Waals surface area contributed by atoms with Gasteiger partial charge in [0.1, 0.15) is 0 Å². The van der Waals surface area contributed by atoms with Crippen molar-refractivity contribution in [2.75, 3.05) is 23.9 Å². The number of anilines is 1. The highest BCUT2D eigenvalue weighted by Crippen LogP contribution is 2.33. The predicted octanol–water partition coefficient (Wildman–Crippen LogP) is 3.23. The highest BCUT2D eigenvalue weighted by Gasteiger charge is 2.31. The summed E-state index contributed by atoms with van der Waals surface area (Å²) in [7, 11) is -3.59. The summed E-state index contributed by atoms with van der Waals surface area (Å²) >= 11 is 0. The van der Waals surface area contributed by atoms with Crippen molar-refractivity contribution in [3.8, 4) is 0 Å². The lowest BCUT2D eigenvalue weighted by molar-refractivity contribution is 0.0773. The van der Waals surface area contributed by atoms with Crippen LogP contribution >= 0.6 is 0 Å². The zero-order chi connectivity index (χ0) is 18.9. The molecule has 2 aromatic carbocycles. The lowest BCUT2D eigenvalue weighted by Crippen LogP contribution is -2.30. The number of carbonyl (C=O) groups excluding carboxylic acids is 1. The summed E-state index contributed by atoms with van der Waals surface area (Å²) in [5, 5.41) is 0. The van der Waals surface area contributed by atoms with E-state index in [9.17, 15) is 13.2 Å². The van der Waals surface area contributed by atoms with Crippen LogP contribution in [0.15, 0.2) is 47.4 Å². The molecule has 0 unspecified atom stereocenters. The molecule has 1 amide bonds. The van der Waals surface area contributed by atoms with Gasteiger partial charge in [-0.1, -0.05) is 17.7 Å². The third-order valence-electron chi connectivity index (χ3n) is 4.84. The molecule has 1 heterocycles. The number of fused-ring (bicyclic) bond motifs is 1. The maximum absolute atomic E-state index is 13.0. The monoisotopic (exact) mass is 372 g/mol. The second-order valence-electron chi connectivity index (χ2n) is 6.46. The van der Waals surface area contributed by atoms with Crippen molar-refractivity contribution in [3.05, 3.63) is 59.2 Å². The third kappa shape index (κ3) is 3.21. The fourth-order valence-electron chi connectivity index (χ4n) is 3.29. The van der Waals surface area contributed by atoms with Crippen molar-refractivity contribution in [2.24, 2.45) is 0 Å². The lowest BCUT2D eigenvalue weighted by Gasteiger charge is -2.21. The minimum absolute atomic E-state index is 0.0161.